The number of anilines is 1. The molecule has 0 atom stereocenters. The minimum absolute atomic E-state index is 0.0285. The fourth-order valence-electron chi connectivity index (χ4n) is 2.67. The maximum Gasteiger partial charge on any atom is 0.269 e. The lowest BCUT2D eigenvalue weighted by molar-refractivity contribution is -0.384. The van der Waals surface area contributed by atoms with Gasteiger partial charge in [-0.05, 0) is 43.2 Å². The van der Waals surface area contributed by atoms with E-state index in [4.69, 9.17) is 0 Å². The normalized spacial score (nSPS) is 10.5. The molecule has 0 aliphatic heterocycles. The van der Waals surface area contributed by atoms with Crippen molar-refractivity contribution in [3.8, 4) is 6.07 Å². The molecule has 3 aromatic rings. The number of hydrogen-bond acceptors (Lipinski definition) is 6. The Morgan fingerprint density at radius 2 is 2.04 bits per heavy atom. The first-order chi connectivity index (χ1) is 13.4. The SMILES string of the molecule is Cc1ccc2cc(C#N)c(SCC(=O)Nc3ccc([N+](=O)[O-])cc3C)nc2c1. The number of carbonyl (C=O) groups excluding carboxylic acids is 1. The number of carbonyl (C=O) groups is 1. The average Bonchev–Trinajstić information content (AvgIpc) is 2.66. The van der Waals surface area contributed by atoms with E-state index in [9.17, 15) is 20.2 Å². The zero-order chi connectivity index (χ0) is 20.3. The highest BCUT2D eigenvalue weighted by molar-refractivity contribution is 8.00. The average molecular weight is 392 g/mol. The summed E-state index contributed by atoms with van der Waals surface area (Å²) in [5, 5.41) is 24.3. The number of amides is 1. The highest BCUT2D eigenvalue weighted by atomic mass is 32.2. The van der Waals surface area contributed by atoms with Gasteiger partial charge in [-0.15, -0.1) is 0 Å². The van der Waals surface area contributed by atoms with Crippen molar-refractivity contribution in [2.45, 2.75) is 18.9 Å². The Labute approximate surface area is 165 Å². The number of nitro groups is 1. The van der Waals surface area contributed by atoms with Crippen molar-refractivity contribution in [3.05, 3.63) is 69.3 Å². The molecule has 1 aromatic heterocycles. The lowest BCUT2D eigenvalue weighted by atomic mass is 10.1. The van der Waals surface area contributed by atoms with Gasteiger partial charge < -0.3 is 5.32 Å². The number of benzene rings is 2. The highest BCUT2D eigenvalue weighted by Crippen LogP contribution is 2.26. The standard InChI is InChI=1S/C20H16N4O3S/c1-12-3-4-14-9-15(10-21)20(23-18(14)7-12)28-11-19(25)22-17-6-5-16(24(26)27)8-13(17)2/h3-9H,11H2,1-2H3,(H,22,25). The summed E-state index contributed by atoms with van der Waals surface area (Å²) in [6.45, 7) is 3.66. The molecule has 0 unspecified atom stereocenters. The number of rotatable bonds is 5. The van der Waals surface area contributed by atoms with Crippen LogP contribution < -0.4 is 5.32 Å². The molecule has 0 spiro atoms. The van der Waals surface area contributed by atoms with Crippen LogP contribution in [0.1, 0.15) is 16.7 Å². The van der Waals surface area contributed by atoms with E-state index < -0.39 is 4.92 Å². The molecule has 8 heteroatoms. The van der Waals surface area contributed by atoms with E-state index in [1.54, 1.807) is 13.0 Å². The van der Waals surface area contributed by atoms with Crippen molar-refractivity contribution in [2.24, 2.45) is 0 Å². The minimum atomic E-state index is -0.481. The number of hydrogen-bond donors (Lipinski definition) is 1. The Morgan fingerprint density at radius 1 is 1.25 bits per heavy atom. The first-order valence-electron chi connectivity index (χ1n) is 8.36. The molecule has 0 radical (unpaired) electrons. The molecule has 0 saturated heterocycles. The van der Waals surface area contributed by atoms with E-state index >= 15 is 0 Å². The van der Waals surface area contributed by atoms with Gasteiger partial charge in [0.25, 0.3) is 5.69 Å². The van der Waals surface area contributed by atoms with Crippen LogP contribution in [0.2, 0.25) is 0 Å². The van der Waals surface area contributed by atoms with E-state index in [1.807, 2.05) is 25.1 Å². The van der Waals surface area contributed by atoms with Gasteiger partial charge in [-0.2, -0.15) is 5.26 Å². The Bertz CT molecular complexity index is 1140. The Kier molecular flexibility index (Phi) is 5.57. The molecule has 1 N–H and O–H groups in total. The molecule has 0 aliphatic rings. The van der Waals surface area contributed by atoms with Gasteiger partial charge in [-0.3, -0.25) is 14.9 Å². The van der Waals surface area contributed by atoms with Crippen molar-refractivity contribution in [2.75, 3.05) is 11.1 Å². The summed E-state index contributed by atoms with van der Waals surface area (Å²) in [6, 6.07) is 13.9. The van der Waals surface area contributed by atoms with Crippen LogP contribution in [0.3, 0.4) is 0 Å². The number of nitrogens with zero attached hydrogens (tertiary/aromatic N) is 3. The van der Waals surface area contributed by atoms with Crippen molar-refractivity contribution >= 4 is 39.9 Å². The van der Waals surface area contributed by atoms with E-state index in [2.05, 4.69) is 16.4 Å². The monoisotopic (exact) mass is 392 g/mol. The largest absolute Gasteiger partial charge is 0.325 e. The summed E-state index contributed by atoms with van der Waals surface area (Å²) in [5.74, 6) is -0.216. The molecular formula is C20H16N4O3S. The summed E-state index contributed by atoms with van der Waals surface area (Å²) in [7, 11) is 0. The predicted octanol–water partition coefficient (Wildman–Crippen LogP) is 4.36. The highest BCUT2D eigenvalue weighted by Gasteiger charge is 2.13. The fraction of sp³-hybridized carbons (Fsp3) is 0.150. The maximum atomic E-state index is 12.3. The quantitative estimate of drug-likeness (QED) is 0.392. The zero-order valence-corrected chi connectivity index (χ0v) is 16.0. The first kappa shape index (κ1) is 19.3. The molecule has 1 amide bonds. The summed E-state index contributed by atoms with van der Waals surface area (Å²) in [5.41, 5.74) is 3.34. The van der Waals surface area contributed by atoms with Gasteiger partial charge >= 0.3 is 0 Å². The Hall–Kier alpha value is -3.44. The Balaban J connectivity index is 1.74. The third-order valence-corrected chi connectivity index (χ3v) is 5.08. The number of aromatic nitrogens is 1. The molecule has 28 heavy (non-hydrogen) atoms. The smallest absolute Gasteiger partial charge is 0.269 e. The van der Waals surface area contributed by atoms with Crippen LogP contribution in [0.4, 0.5) is 11.4 Å². The van der Waals surface area contributed by atoms with Crippen LogP contribution in [-0.2, 0) is 4.79 Å². The van der Waals surface area contributed by atoms with Gasteiger partial charge in [0.05, 0.1) is 21.8 Å². The van der Waals surface area contributed by atoms with E-state index in [1.165, 1.54) is 30.0 Å². The van der Waals surface area contributed by atoms with Gasteiger partial charge in [-0.25, -0.2) is 4.98 Å². The molecule has 0 aliphatic carbocycles. The molecule has 2 aromatic carbocycles. The minimum Gasteiger partial charge on any atom is -0.325 e. The second kappa shape index (κ2) is 8.06. The molecule has 140 valence electrons. The van der Waals surface area contributed by atoms with E-state index in [-0.39, 0.29) is 17.3 Å². The number of nitrogens with one attached hydrogen (secondary N) is 1. The number of pyridine rings is 1. The number of fused-ring (bicyclic) bond motifs is 1. The van der Waals surface area contributed by atoms with Crippen molar-refractivity contribution < 1.29 is 9.72 Å². The van der Waals surface area contributed by atoms with Gasteiger partial charge in [0.15, 0.2) is 0 Å². The maximum absolute atomic E-state index is 12.3. The second-order valence-corrected chi connectivity index (χ2v) is 7.21. The number of non-ortho nitro benzene ring substituents is 1. The topological polar surface area (TPSA) is 109 Å². The van der Waals surface area contributed by atoms with Crippen molar-refractivity contribution in [1.29, 1.82) is 5.26 Å². The van der Waals surface area contributed by atoms with Crippen LogP contribution >= 0.6 is 11.8 Å². The van der Waals surface area contributed by atoms with Gasteiger partial charge in [0.2, 0.25) is 5.91 Å². The van der Waals surface area contributed by atoms with E-state index in [0.29, 0.717) is 21.8 Å². The van der Waals surface area contributed by atoms with Crippen LogP contribution in [0, 0.1) is 35.3 Å². The van der Waals surface area contributed by atoms with Gasteiger partial charge in [0, 0.05) is 23.2 Å². The number of aryl methyl sites for hydroxylation is 2. The summed E-state index contributed by atoms with van der Waals surface area (Å²) >= 11 is 1.18. The summed E-state index contributed by atoms with van der Waals surface area (Å²) in [6.07, 6.45) is 0. The lowest BCUT2D eigenvalue weighted by Crippen LogP contribution is -2.15. The van der Waals surface area contributed by atoms with Gasteiger partial charge in [-0.1, -0.05) is 23.9 Å². The molecule has 0 fully saturated rings. The Morgan fingerprint density at radius 3 is 2.71 bits per heavy atom. The van der Waals surface area contributed by atoms with Crippen LogP contribution in [0.25, 0.3) is 10.9 Å². The summed E-state index contributed by atoms with van der Waals surface area (Å²) in [4.78, 5) is 27.1. The van der Waals surface area contributed by atoms with Crippen molar-refractivity contribution in [3.63, 3.8) is 0 Å². The zero-order valence-electron chi connectivity index (χ0n) is 15.2. The lowest BCUT2D eigenvalue weighted by Gasteiger charge is -2.09. The molecule has 1 heterocycles. The molecule has 0 bridgehead atoms. The molecule has 7 nitrogen and oxygen atoms in total. The van der Waals surface area contributed by atoms with Crippen LogP contribution in [-0.4, -0.2) is 21.6 Å². The van der Waals surface area contributed by atoms with Crippen LogP contribution in [0.5, 0.6) is 0 Å². The molecule has 3 rings (SSSR count). The molecular weight excluding hydrogens is 376 g/mol. The number of thioether (sulfide) groups is 1. The van der Waals surface area contributed by atoms with E-state index in [0.717, 1.165) is 16.5 Å². The number of nitro benzene ring substituents is 1. The first-order valence-corrected chi connectivity index (χ1v) is 9.35. The third kappa shape index (κ3) is 4.27. The molecule has 0 saturated carbocycles. The predicted molar refractivity (Wildman–Crippen MR) is 108 cm³/mol. The summed E-state index contributed by atoms with van der Waals surface area (Å²) < 4.78 is 0. The second-order valence-electron chi connectivity index (χ2n) is 6.24. The van der Waals surface area contributed by atoms with Crippen LogP contribution in [0.15, 0.2) is 47.5 Å². The van der Waals surface area contributed by atoms with Gasteiger partial charge in [0.1, 0.15) is 11.1 Å². The number of nitriles is 1. The fourth-order valence-corrected chi connectivity index (χ4v) is 3.43. The van der Waals surface area contributed by atoms with Crippen molar-refractivity contribution in [1.82, 2.24) is 4.98 Å². The third-order valence-electron chi connectivity index (χ3n) is 4.09.